The summed E-state index contributed by atoms with van der Waals surface area (Å²) in [5, 5.41) is 19.2. The fourth-order valence-corrected chi connectivity index (χ4v) is 9.92. The molecule has 3 aliphatic heterocycles. The molecule has 6 atom stereocenters. The fourth-order valence-electron chi connectivity index (χ4n) is 7.60. The normalized spacial score (nSPS) is 28.0. The number of allylic oxidation sites excluding steroid dienone is 1. The Morgan fingerprint density at radius 1 is 1.23 bits per heavy atom. The molecule has 3 saturated heterocycles. The van der Waals surface area contributed by atoms with Crippen LogP contribution < -0.4 is 0 Å². The van der Waals surface area contributed by atoms with E-state index in [2.05, 4.69) is 23.5 Å². The van der Waals surface area contributed by atoms with Crippen molar-refractivity contribution in [3.8, 4) is 0 Å². The third-order valence-corrected chi connectivity index (χ3v) is 11.5. The number of aliphatic hydroxyl groups is 1. The monoisotopic (exact) mass is 623 g/mol. The molecule has 0 saturated carbocycles. The van der Waals surface area contributed by atoms with E-state index in [1.165, 1.54) is 0 Å². The van der Waals surface area contributed by atoms with Gasteiger partial charge in [0.2, 0.25) is 11.8 Å². The number of amides is 2. The van der Waals surface area contributed by atoms with Crippen molar-refractivity contribution < 1.29 is 24.2 Å². The number of hydrogen-bond acceptors (Lipinski definition) is 8. The fraction of sp³-hybridized carbons (Fsp3) is 0.606. The molecule has 2 aromatic rings. The van der Waals surface area contributed by atoms with Gasteiger partial charge in [-0.2, -0.15) is 0 Å². The Hall–Kier alpha value is -3.18. The second kappa shape index (κ2) is 13.0. The highest BCUT2D eigenvalue weighted by Crippen LogP contribution is 2.72. The first-order chi connectivity index (χ1) is 21.1. The van der Waals surface area contributed by atoms with Crippen LogP contribution in [0.5, 0.6) is 0 Å². The third kappa shape index (κ3) is 5.57. The minimum atomic E-state index is -0.858. The zero-order valence-electron chi connectivity index (χ0n) is 26.1. The van der Waals surface area contributed by atoms with Crippen molar-refractivity contribution in [1.29, 1.82) is 0 Å². The maximum atomic E-state index is 14.8. The highest BCUT2D eigenvalue weighted by Gasteiger charge is 2.78. The summed E-state index contributed by atoms with van der Waals surface area (Å²) < 4.78 is 6.13. The van der Waals surface area contributed by atoms with Gasteiger partial charge in [-0.05, 0) is 63.5 Å². The summed E-state index contributed by atoms with van der Waals surface area (Å²) in [4.78, 5) is 46.4. The summed E-state index contributed by atoms with van der Waals surface area (Å²) in [7, 11) is 0. The van der Waals surface area contributed by atoms with Crippen molar-refractivity contribution >= 4 is 40.6 Å². The van der Waals surface area contributed by atoms with Crippen molar-refractivity contribution in [2.24, 2.45) is 17.8 Å². The molecule has 1 aromatic carbocycles. The van der Waals surface area contributed by atoms with Gasteiger partial charge >= 0.3 is 5.97 Å². The molecule has 3 fully saturated rings. The Kier molecular flexibility index (Phi) is 9.55. The third-order valence-electron chi connectivity index (χ3n) is 9.48. The quantitative estimate of drug-likeness (QED) is 0.178. The van der Waals surface area contributed by atoms with E-state index in [0.29, 0.717) is 19.3 Å². The second-order valence-electron chi connectivity index (χ2n) is 13.0. The molecule has 1 spiro atoms. The first-order valence-electron chi connectivity index (χ1n) is 15.7. The summed E-state index contributed by atoms with van der Waals surface area (Å²) in [5.74, 6) is -2.04. The molecule has 238 valence electrons. The first kappa shape index (κ1) is 32.2. The number of para-hydroxylation sites is 1. The smallest absolute Gasteiger partial charge is 0.311 e. The minimum Gasteiger partial charge on any atom is -0.465 e. The van der Waals surface area contributed by atoms with Crippen LogP contribution in [0.4, 0.5) is 0 Å². The van der Waals surface area contributed by atoms with Gasteiger partial charge in [-0.25, -0.2) is 4.68 Å². The average molecular weight is 624 g/mol. The lowest BCUT2D eigenvalue weighted by Gasteiger charge is -2.40. The van der Waals surface area contributed by atoms with Crippen LogP contribution >= 0.6 is 11.8 Å². The van der Waals surface area contributed by atoms with E-state index in [1.807, 2.05) is 51.1 Å². The maximum absolute atomic E-state index is 14.8. The van der Waals surface area contributed by atoms with Crippen LogP contribution in [0.1, 0.15) is 59.3 Å². The Morgan fingerprint density at radius 3 is 2.70 bits per heavy atom. The molecule has 1 N–H and O–H groups in total. The molecule has 0 aliphatic carbocycles. The lowest BCUT2D eigenvalue weighted by molar-refractivity contribution is -0.156. The highest BCUT2D eigenvalue weighted by molar-refractivity contribution is 8.02. The molecule has 2 amide bonds. The van der Waals surface area contributed by atoms with Gasteiger partial charge in [0.05, 0.1) is 41.4 Å². The molecular formula is C33H45N5O5S. The number of unbranched alkanes of at least 4 members (excludes halogenated alkanes) is 2. The summed E-state index contributed by atoms with van der Waals surface area (Å²) in [6.45, 7) is 14.1. The number of carbonyl (C=O) groups excluding carboxylic acids is 3. The lowest BCUT2D eigenvalue weighted by Crippen LogP contribution is -2.57. The Balaban J connectivity index is 1.51. The van der Waals surface area contributed by atoms with Crippen molar-refractivity contribution in [2.45, 2.75) is 87.5 Å². The van der Waals surface area contributed by atoms with Gasteiger partial charge in [0.1, 0.15) is 18.2 Å². The number of benzene rings is 1. The van der Waals surface area contributed by atoms with Crippen LogP contribution in [0.3, 0.4) is 0 Å². The van der Waals surface area contributed by atoms with E-state index in [4.69, 9.17) is 4.74 Å². The zero-order valence-corrected chi connectivity index (χ0v) is 26.9. The number of ether oxygens (including phenoxy) is 1. The van der Waals surface area contributed by atoms with E-state index < -0.39 is 33.4 Å². The Labute approximate surface area is 263 Å². The van der Waals surface area contributed by atoms with Gasteiger partial charge in [-0.3, -0.25) is 14.4 Å². The number of likely N-dealkylation sites (tertiary alicyclic amines) is 1. The molecule has 0 radical (unpaired) electrons. The number of carbonyl (C=O) groups is 3. The average Bonchev–Trinajstić information content (AvgIpc) is 3.70. The van der Waals surface area contributed by atoms with Crippen LogP contribution in [0.25, 0.3) is 11.0 Å². The first-order valence-corrected chi connectivity index (χ1v) is 16.5. The van der Waals surface area contributed by atoms with Crippen molar-refractivity contribution in [3.63, 3.8) is 0 Å². The van der Waals surface area contributed by atoms with Gasteiger partial charge in [0.25, 0.3) is 0 Å². The molecule has 10 nitrogen and oxygen atoms in total. The van der Waals surface area contributed by atoms with Crippen molar-refractivity contribution in [1.82, 2.24) is 24.8 Å². The number of rotatable bonds is 15. The standard InChI is InChI=1S/C33H45N5O5S/c1-6-8-9-12-18-43-31(42)27-26-29(40)38(23(20-39)19-22(3)4)28(33(26)16-15-32(27,5)44-33)30(41)36(17-7-2)21-37-25-14-11-10-13-24(25)34-35-37/h6-7,10-11,13-14,22-23,26-28,39H,1-2,8-9,12,15-21H2,3-5H3/t23-,26+,27-,28?,32+,33?/m1/s1. The van der Waals surface area contributed by atoms with Crippen LogP contribution in [0.15, 0.2) is 49.6 Å². The number of esters is 1. The number of aliphatic hydroxyl groups excluding tert-OH is 1. The number of hydrogen-bond donors (Lipinski definition) is 1. The SMILES string of the molecule is C=CCCCCOC(=O)[C@H]1[C@H]2C(=O)N([C@@H](CO)CC(C)C)C(C(=O)N(CC=C)Cn3nnc4ccccc43)C23CC[C@]1(C)S3. The maximum Gasteiger partial charge on any atom is 0.311 e. The molecule has 44 heavy (non-hydrogen) atoms. The van der Waals surface area contributed by atoms with Gasteiger partial charge < -0.3 is 19.6 Å². The predicted octanol–water partition coefficient (Wildman–Crippen LogP) is 4.19. The molecule has 11 heteroatoms. The summed E-state index contributed by atoms with van der Waals surface area (Å²) in [5.41, 5.74) is 1.51. The Bertz CT molecular complexity index is 1410. The van der Waals surface area contributed by atoms with E-state index in [9.17, 15) is 19.5 Å². The van der Waals surface area contributed by atoms with Gasteiger partial charge in [0, 0.05) is 11.3 Å². The van der Waals surface area contributed by atoms with Crippen LogP contribution in [-0.4, -0.2) is 89.0 Å². The summed E-state index contributed by atoms with van der Waals surface area (Å²) in [6.07, 6.45) is 7.80. The van der Waals surface area contributed by atoms with Crippen LogP contribution in [0, 0.1) is 17.8 Å². The van der Waals surface area contributed by atoms with E-state index in [1.54, 1.807) is 32.3 Å². The molecular weight excluding hydrogens is 578 g/mol. The predicted molar refractivity (Wildman–Crippen MR) is 170 cm³/mol. The van der Waals surface area contributed by atoms with Gasteiger partial charge in [-0.15, -0.1) is 30.0 Å². The lowest BCUT2D eigenvalue weighted by atomic mass is 9.66. The number of nitrogens with zero attached hydrogens (tertiary/aromatic N) is 5. The number of thioether (sulfide) groups is 1. The van der Waals surface area contributed by atoms with Crippen molar-refractivity contribution in [2.75, 3.05) is 19.8 Å². The van der Waals surface area contributed by atoms with Crippen molar-refractivity contribution in [3.05, 3.63) is 49.6 Å². The summed E-state index contributed by atoms with van der Waals surface area (Å²) >= 11 is 1.61. The topological polar surface area (TPSA) is 118 Å². The molecule has 5 rings (SSSR count). The minimum absolute atomic E-state index is 0.122. The Morgan fingerprint density at radius 2 is 2.00 bits per heavy atom. The van der Waals surface area contributed by atoms with E-state index >= 15 is 0 Å². The number of fused-ring (bicyclic) bond motifs is 2. The van der Waals surface area contributed by atoms with Crippen LogP contribution in [-0.2, 0) is 25.8 Å². The highest BCUT2D eigenvalue weighted by atomic mass is 32.2. The second-order valence-corrected chi connectivity index (χ2v) is 14.9. The molecule has 2 unspecified atom stereocenters. The van der Waals surface area contributed by atoms with E-state index in [-0.39, 0.29) is 50.1 Å². The summed E-state index contributed by atoms with van der Waals surface area (Å²) in [6, 6.07) is 6.13. The van der Waals surface area contributed by atoms with Crippen LogP contribution in [0.2, 0.25) is 0 Å². The molecule has 4 heterocycles. The van der Waals surface area contributed by atoms with E-state index in [0.717, 1.165) is 30.3 Å². The van der Waals surface area contributed by atoms with Gasteiger partial charge in [-0.1, -0.05) is 43.3 Å². The molecule has 2 bridgehead atoms. The largest absolute Gasteiger partial charge is 0.465 e. The number of aromatic nitrogens is 3. The zero-order chi connectivity index (χ0) is 31.6. The van der Waals surface area contributed by atoms with Gasteiger partial charge in [0.15, 0.2) is 0 Å². The molecule has 1 aromatic heterocycles. The molecule has 3 aliphatic rings.